The summed E-state index contributed by atoms with van der Waals surface area (Å²) in [5, 5.41) is 1.69. The molecule has 1 fully saturated rings. The van der Waals surface area contributed by atoms with E-state index in [2.05, 4.69) is 24.8 Å². The summed E-state index contributed by atoms with van der Waals surface area (Å²) in [5.41, 5.74) is 3.09. The Morgan fingerprint density at radius 3 is 2.73 bits per heavy atom. The van der Waals surface area contributed by atoms with Crippen molar-refractivity contribution in [2.75, 3.05) is 32.8 Å². The van der Waals surface area contributed by atoms with Crippen LogP contribution in [0, 0.1) is 0 Å². The van der Waals surface area contributed by atoms with Gasteiger partial charge in [0.1, 0.15) is 11.5 Å². The van der Waals surface area contributed by atoms with E-state index >= 15 is 0 Å². The van der Waals surface area contributed by atoms with Crippen LogP contribution in [0.1, 0.15) is 23.4 Å². The molecule has 26 heavy (non-hydrogen) atoms. The molecule has 136 valence electrons. The van der Waals surface area contributed by atoms with Crippen molar-refractivity contribution in [3.63, 3.8) is 0 Å². The molecule has 0 atom stereocenters. The second-order valence-corrected chi connectivity index (χ2v) is 7.04. The zero-order valence-corrected chi connectivity index (χ0v) is 15.4. The third kappa shape index (κ3) is 4.20. The van der Waals surface area contributed by atoms with Crippen LogP contribution in [0.5, 0.6) is 0 Å². The first kappa shape index (κ1) is 17.4. The predicted molar refractivity (Wildman–Crippen MR) is 102 cm³/mol. The van der Waals surface area contributed by atoms with Gasteiger partial charge in [0.15, 0.2) is 0 Å². The second kappa shape index (κ2) is 8.12. The lowest BCUT2D eigenvalue weighted by Gasteiger charge is -2.26. The molecule has 0 spiro atoms. The number of aromatic amines is 1. The van der Waals surface area contributed by atoms with E-state index in [1.165, 1.54) is 0 Å². The summed E-state index contributed by atoms with van der Waals surface area (Å²) >= 11 is 6.06. The van der Waals surface area contributed by atoms with Gasteiger partial charge in [0.05, 0.1) is 18.2 Å². The maximum atomic E-state index is 6.06. The molecule has 1 aliphatic rings. The number of hydrogen-bond donors (Lipinski definition) is 1. The van der Waals surface area contributed by atoms with Crippen LogP contribution in [-0.4, -0.2) is 57.7 Å². The number of halogens is 1. The van der Waals surface area contributed by atoms with E-state index in [-0.39, 0.29) is 0 Å². The summed E-state index contributed by atoms with van der Waals surface area (Å²) < 4.78 is 5.37. The standard InChI is InChI=1S/C19H22ClN5O/c20-16-9-17-15(12-23-19(17)24-13-16)8-14-10-21-18(22-11-14)2-1-3-25-4-6-26-7-5-25/h9-13H,1-8H2,(H,23,24). The molecule has 1 N–H and O–H groups in total. The van der Waals surface area contributed by atoms with Crippen molar-refractivity contribution in [2.45, 2.75) is 19.3 Å². The summed E-state index contributed by atoms with van der Waals surface area (Å²) in [6.07, 6.45) is 10.2. The van der Waals surface area contributed by atoms with Crippen LogP contribution in [0.2, 0.25) is 5.02 Å². The quantitative estimate of drug-likeness (QED) is 0.721. The largest absolute Gasteiger partial charge is 0.379 e. The highest BCUT2D eigenvalue weighted by Crippen LogP contribution is 2.22. The van der Waals surface area contributed by atoms with E-state index in [1.54, 1.807) is 6.20 Å². The monoisotopic (exact) mass is 371 g/mol. The first-order chi connectivity index (χ1) is 12.8. The highest BCUT2D eigenvalue weighted by atomic mass is 35.5. The second-order valence-electron chi connectivity index (χ2n) is 6.61. The van der Waals surface area contributed by atoms with Gasteiger partial charge in [-0.25, -0.2) is 15.0 Å². The molecule has 0 saturated carbocycles. The smallest absolute Gasteiger partial charge is 0.137 e. The number of aromatic nitrogens is 4. The van der Waals surface area contributed by atoms with Crippen molar-refractivity contribution in [2.24, 2.45) is 0 Å². The first-order valence-electron chi connectivity index (χ1n) is 8.99. The number of fused-ring (bicyclic) bond motifs is 1. The number of hydrogen-bond acceptors (Lipinski definition) is 5. The van der Waals surface area contributed by atoms with E-state index in [1.807, 2.05) is 24.7 Å². The molecule has 0 aliphatic carbocycles. The van der Waals surface area contributed by atoms with E-state index in [9.17, 15) is 0 Å². The van der Waals surface area contributed by atoms with Crippen LogP contribution in [-0.2, 0) is 17.6 Å². The fraction of sp³-hybridized carbons (Fsp3) is 0.421. The Morgan fingerprint density at radius 2 is 1.92 bits per heavy atom. The Bertz CT molecular complexity index is 858. The number of nitrogens with zero attached hydrogens (tertiary/aromatic N) is 4. The average molecular weight is 372 g/mol. The fourth-order valence-corrected chi connectivity index (χ4v) is 3.44. The zero-order chi connectivity index (χ0) is 17.8. The Morgan fingerprint density at radius 1 is 1.12 bits per heavy atom. The number of nitrogens with one attached hydrogen (secondary N) is 1. The Kier molecular flexibility index (Phi) is 5.43. The normalized spacial score (nSPS) is 15.6. The van der Waals surface area contributed by atoms with Crippen LogP contribution in [0.15, 0.2) is 30.9 Å². The fourth-order valence-electron chi connectivity index (χ4n) is 3.29. The molecular formula is C19H22ClN5O. The number of pyridine rings is 1. The van der Waals surface area contributed by atoms with Gasteiger partial charge in [-0.3, -0.25) is 4.90 Å². The SMILES string of the molecule is Clc1cnc2[nH]cc(Cc3cnc(CCCN4CCOCC4)nc3)c2c1. The first-order valence-corrected chi connectivity index (χ1v) is 9.37. The summed E-state index contributed by atoms with van der Waals surface area (Å²) in [6.45, 7) is 4.84. The molecule has 4 rings (SSSR count). The number of ether oxygens (including phenoxy) is 1. The lowest BCUT2D eigenvalue weighted by molar-refractivity contribution is 0.0374. The van der Waals surface area contributed by atoms with Crippen LogP contribution in [0.4, 0.5) is 0 Å². The summed E-state index contributed by atoms with van der Waals surface area (Å²) in [5.74, 6) is 0.908. The van der Waals surface area contributed by atoms with Gasteiger partial charge in [0, 0.05) is 56.1 Å². The van der Waals surface area contributed by atoms with Gasteiger partial charge in [-0.1, -0.05) is 11.6 Å². The number of morpholine rings is 1. The molecule has 0 unspecified atom stereocenters. The highest BCUT2D eigenvalue weighted by molar-refractivity contribution is 6.31. The van der Waals surface area contributed by atoms with Crippen molar-refractivity contribution < 1.29 is 4.74 Å². The van der Waals surface area contributed by atoms with Gasteiger partial charge in [-0.05, 0) is 30.2 Å². The molecule has 1 aliphatic heterocycles. The Labute approximate surface area is 157 Å². The van der Waals surface area contributed by atoms with Crippen LogP contribution >= 0.6 is 11.6 Å². The van der Waals surface area contributed by atoms with Gasteiger partial charge in [0.25, 0.3) is 0 Å². The highest BCUT2D eigenvalue weighted by Gasteiger charge is 2.10. The summed E-state index contributed by atoms with van der Waals surface area (Å²) in [7, 11) is 0. The topological polar surface area (TPSA) is 66.9 Å². The van der Waals surface area contributed by atoms with E-state index in [0.717, 1.165) is 80.1 Å². The van der Waals surface area contributed by atoms with Crippen LogP contribution in [0.25, 0.3) is 11.0 Å². The van der Waals surface area contributed by atoms with Gasteiger partial charge in [-0.15, -0.1) is 0 Å². The molecule has 0 bridgehead atoms. The molecule has 0 radical (unpaired) electrons. The van der Waals surface area contributed by atoms with Gasteiger partial charge in [0.2, 0.25) is 0 Å². The molecule has 7 heteroatoms. The Balaban J connectivity index is 1.34. The lowest BCUT2D eigenvalue weighted by Crippen LogP contribution is -2.37. The van der Waals surface area contributed by atoms with Crippen LogP contribution in [0.3, 0.4) is 0 Å². The van der Waals surface area contributed by atoms with Crippen molar-refractivity contribution in [1.82, 2.24) is 24.8 Å². The minimum atomic E-state index is 0.644. The number of aryl methyl sites for hydroxylation is 1. The molecule has 4 heterocycles. The van der Waals surface area contributed by atoms with Crippen molar-refractivity contribution in [3.05, 3.63) is 52.8 Å². The molecule has 6 nitrogen and oxygen atoms in total. The molecule has 1 saturated heterocycles. The lowest BCUT2D eigenvalue weighted by atomic mass is 10.1. The van der Waals surface area contributed by atoms with Crippen molar-refractivity contribution in [3.8, 4) is 0 Å². The van der Waals surface area contributed by atoms with Gasteiger partial charge in [-0.2, -0.15) is 0 Å². The summed E-state index contributed by atoms with van der Waals surface area (Å²) in [4.78, 5) is 19.0. The third-order valence-electron chi connectivity index (χ3n) is 4.72. The zero-order valence-electron chi connectivity index (χ0n) is 14.6. The van der Waals surface area contributed by atoms with Crippen molar-refractivity contribution >= 4 is 22.6 Å². The number of H-pyrrole nitrogens is 1. The maximum Gasteiger partial charge on any atom is 0.137 e. The molecule has 0 aromatic carbocycles. The molecular weight excluding hydrogens is 350 g/mol. The van der Waals surface area contributed by atoms with Crippen LogP contribution < -0.4 is 0 Å². The minimum Gasteiger partial charge on any atom is -0.379 e. The van der Waals surface area contributed by atoms with E-state index < -0.39 is 0 Å². The maximum absolute atomic E-state index is 6.06. The van der Waals surface area contributed by atoms with E-state index in [4.69, 9.17) is 16.3 Å². The average Bonchev–Trinajstić information content (AvgIpc) is 3.06. The van der Waals surface area contributed by atoms with Gasteiger partial charge < -0.3 is 9.72 Å². The molecule has 3 aromatic heterocycles. The minimum absolute atomic E-state index is 0.644. The van der Waals surface area contributed by atoms with E-state index in [0.29, 0.717) is 5.02 Å². The predicted octanol–water partition coefficient (Wildman–Crippen LogP) is 2.86. The molecule has 0 amide bonds. The number of rotatable bonds is 6. The summed E-state index contributed by atoms with van der Waals surface area (Å²) in [6, 6.07) is 1.94. The molecule has 3 aromatic rings. The van der Waals surface area contributed by atoms with Gasteiger partial charge >= 0.3 is 0 Å². The van der Waals surface area contributed by atoms with Crippen molar-refractivity contribution in [1.29, 1.82) is 0 Å². The Hall–Kier alpha value is -2.02. The third-order valence-corrected chi connectivity index (χ3v) is 4.92.